The molecule has 0 amide bonds. The lowest BCUT2D eigenvalue weighted by atomic mass is 9.78. The van der Waals surface area contributed by atoms with Crippen molar-refractivity contribution >= 4 is 11.6 Å². The minimum atomic E-state index is 0.205. The minimum Gasteiger partial charge on any atom is -0.496 e. The fraction of sp³-hybridized carbons (Fsp3) is 0.625. The first kappa shape index (κ1) is 17.3. The highest BCUT2D eigenvalue weighted by Crippen LogP contribution is 2.31. The van der Waals surface area contributed by atoms with Gasteiger partial charge < -0.3 is 4.74 Å². The summed E-state index contributed by atoms with van der Waals surface area (Å²) in [6, 6.07) is 5.90. The molecular formula is C16H27ClN2O. The van der Waals surface area contributed by atoms with Gasteiger partial charge in [0.1, 0.15) is 5.75 Å². The molecule has 1 aromatic carbocycles. The average molecular weight is 299 g/mol. The third-order valence-corrected chi connectivity index (χ3v) is 4.30. The highest BCUT2D eigenvalue weighted by molar-refractivity contribution is 6.30. The fourth-order valence-corrected chi connectivity index (χ4v) is 2.36. The van der Waals surface area contributed by atoms with Gasteiger partial charge in [0.25, 0.3) is 0 Å². The van der Waals surface area contributed by atoms with Crippen molar-refractivity contribution in [2.24, 2.45) is 17.2 Å². The molecule has 0 bridgehead atoms. The first-order valence-corrected chi connectivity index (χ1v) is 7.44. The molecule has 0 aliphatic carbocycles. The van der Waals surface area contributed by atoms with Gasteiger partial charge in [0.05, 0.1) is 7.11 Å². The molecule has 3 N–H and O–H groups in total. The first-order chi connectivity index (χ1) is 9.27. The van der Waals surface area contributed by atoms with Crippen molar-refractivity contribution in [1.82, 2.24) is 5.43 Å². The van der Waals surface area contributed by atoms with Crippen molar-refractivity contribution in [1.29, 1.82) is 0 Å². The van der Waals surface area contributed by atoms with Crippen LogP contribution in [-0.2, 0) is 6.42 Å². The lowest BCUT2D eigenvalue weighted by Gasteiger charge is -2.30. The summed E-state index contributed by atoms with van der Waals surface area (Å²) in [5.41, 5.74) is 4.28. The Morgan fingerprint density at radius 3 is 2.50 bits per heavy atom. The van der Waals surface area contributed by atoms with Crippen molar-refractivity contribution in [2.75, 3.05) is 7.11 Å². The summed E-state index contributed by atoms with van der Waals surface area (Å²) in [6.07, 6.45) is 1.82. The Labute approximate surface area is 127 Å². The van der Waals surface area contributed by atoms with E-state index in [1.807, 2.05) is 18.2 Å². The Balaban J connectivity index is 2.81. The maximum atomic E-state index is 6.07. The molecule has 0 radical (unpaired) electrons. The van der Waals surface area contributed by atoms with E-state index in [1.165, 1.54) is 0 Å². The van der Waals surface area contributed by atoms with Crippen molar-refractivity contribution in [2.45, 2.75) is 46.6 Å². The molecule has 0 spiro atoms. The molecule has 2 atom stereocenters. The van der Waals surface area contributed by atoms with Crippen LogP contribution in [0.4, 0.5) is 0 Å². The quantitative estimate of drug-likeness (QED) is 0.620. The Kier molecular flexibility index (Phi) is 6.31. The van der Waals surface area contributed by atoms with Crippen LogP contribution < -0.4 is 16.0 Å². The van der Waals surface area contributed by atoms with E-state index in [2.05, 4.69) is 33.1 Å². The van der Waals surface area contributed by atoms with Crippen LogP contribution in [0.2, 0.25) is 5.02 Å². The molecule has 0 fully saturated rings. The maximum absolute atomic E-state index is 6.07. The van der Waals surface area contributed by atoms with Crippen LogP contribution in [0.3, 0.4) is 0 Å². The Hall–Kier alpha value is -0.770. The summed E-state index contributed by atoms with van der Waals surface area (Å²) >= 11 is 6.07. The van der Waals surface area contributed by atoms with Gasteiger partial charge in [-0.15, -0.1) is 0 Å². The van der Waals surface area contributed by atoms with Gasteiger partial charge in [-0.2, -0.15) is 0 Å². The van der Waals surface area contributed by atoms with Crippen LogP contribution in [-0.4, -0.2) is 13.2 Å². The number of nitrogens with one attached hydrogen (secondary N) is 1. The smallest absolute Gasteiger partial charge is 0.122 e. The van der Waals surface area contributed by atoms with E-state index in [0.29, 0.717) is 5.92 Å². The Morgan fingerprint density at radius 2 is 2.00 bits per heavy atom. The highest BCUT2D eigenvalue weighted by atomic mass is 35.5. The van der Waals surface area contributed by atoms with Crippen LogP contribution in [0.5, 0.6) is 5.75 Å². The van der Waals surface area contributed by atoms with Gasteiger partial charge in [0.15, 0.2) is 0 Å². The first-order valence-electron chi connectivity index (χ1n) is 7.06. The molecule has 0 heterocycles. The van der Waals surface area contributed by atoms with E-state index in [-0.39, 0.29) is 11.5 Å². The van der Waals surface area contributed by atoms with Crippen LogP contribution in [0.25, 0.3) is 0 Å². The largest absolute Gasteiger partial charge is 0.496 e. The van der Waals surface area contributed by atoms with E-state index in [1.54, 1.807) is 7.11 Å². The molecule has 114 valence electrons. The van der Waals surface area contributed by atoms with E-state index < -0.39 is 0 Å². The molecule has 3 nitrogen and oxygen atoms in total. The van der Waals surface area contributed by atoms with Crippen LogP contribution in [0.15, 0.2) is 18.2 Å². The second kappa shape index (κ2) is 7.30. The number of hydrogen-bond acceptors (Lipinski definition) is 3. The lowest BCUT2D eigenvalue weighted by molar-refractivity contribution is 0.222. The molecular weight excluding hydrogens is 272 g/mol. The molecule has 20 heavy (non-hydrogen) atoms. The minimum absolute atomic E-state index is 0.205. The standard InChI is InChI=1S/C16H27ClN2O/c1-11(16(2,3)4)8-14(19-18)10-12-9-13(17)6-7-15(12)20-5/h6-7,9,11,14,19H,8,10,18H2,1-5H3. The predicted molar refractivity (Wildman–Crippen MR) is 86.1 cm³/mol. The normalized spacial score (nSPS) is 14.9. The van der Waals surface area contributed by atoms with E-state index >= 15 is 0 Å². The summed E-state index contributed by atoms with van der Waals surface area (Å²) in [4.78, 5) is 0. The van der Waals surface area contributed by atoms with Gasteiger partial charge in [0.2, 0.25) is 0 Å². The average Bonchev–Trinajstić information content (AvgIpc) is 2.37. The van der Waals surface area contributed by atoms with Gasteiger partial charge in [-0.1, -0.05) is 39.3 Å². The number of hydrogen-bond donors (Lipinski definition) is 2. The second-order valence-corrected chi connectivity index (χ2v) is 6.96. The van der Waals surface area contributed by atoms with Crippen LogP contribution in [0, 0.1) is 11.3 Å². The number of hydrazine groups is 1. The van der Waals surface area contributed by atoms with Crippen molar-refractivity contribution in [3.8, 4) is 5.75 Å². The number of halogens is 1. The highest BCUT2D eigenvalue weighted by Gasteiger charge is 2.24. The van der Waals surface area contributed by atoms with E-state index in [0.717, 1.165) is 29.2 Å². The maximum Gasteiger partial charge on any atom is 0.122 e. The van der Waals surface area contributed by atoms with E-state index in [4.69, 9.17) is 22.2 Å². The molecule has 0 aliphatic rings. The fourth-order valence-electron chi connectivity index (χ4n) is 2.16. The molecule has 2 unspecified atom stereocenters. The van der Waals surface area contributed by atoms with Gasteiger partial charge in [-0.05, 0) is 47.9 Å². The zero-order valence-corrected chi connectivity index (χ0v) is 13.9. The Morgan fingerprint density at radius 1 is 1.35 bits per heavy atom. The van der Waals surface area contributed by atoms with Crippen molar-refractivity contribution in [3.05, 3.63) is 28.8 Å². The lowest BCUT2D eigenvalue weighted by Crippen LogP contribution is -2.39. The van der Waals surface area contributed by atoms with Gasteiger partial charge in [0, 0.05) is 11.1 Å². The van der Waals surface area contributed by atoms with Crippen LogP contribution >= 0.6 is 11.6 Å². The summed E-state index contributed by atoms with van der Waals surface area (Å²) in [7, 11) is 1.68. The SMILES string of the molecule is COc1ccc(Cl)cc1CC(CC(C)C(C)(C)C)NN. The number of nitrogens with two attached hydrogens (primary N) is 1. The van der Waals surface area contributed by atoms with E-state index in [9.17, 15) is 0 Å². The molecule has 1 rings (SSSR count). The Bertz CT molecular complexity index is 429. The third kappa shape index (κ3) is 4.97. The van der Waals surface area contributed by atoms with Crippen LogP contribution in [0.1, 0.15) is 39.7 Å². The molecule has 0 saturated heterocycles. The van der Waals surface area contributed by atoms with Gasteiger partial charge in [-0.3, -0.25) is 11.3 Å². The summed E-state index contributed by atoms with van der Waals surface area (Å²) in [5.74, 6) is 7.14. The number of ether oxygens (including phenoxy) is 1. The number of methoxy groups -OCH3 is 1. The predicted octanol–water partition coefficient (Wildman–Crippen LogP) is 3.80. The van der Waals surface area contributed by atoms with Crippen molar-refractivity contribution < 1.29 is 4.74 Å². The zero-order chi connectivity index (χ0) is 15.3. The summed E-state index contributed by atoms with van der Waals surface area (Å²) < 4.78 is 5.39. The zero-order valence-electron chi connectivity index (χ0n) is 13.2. The second-order valence-electron chi connectivity index (χ2n) is 6.53. The van der Waals surface area contributed by atoms with Gasteiger partial charge in [-0.25, -0.2) is 0 Å². The summed E-state index contributed by atoms with van der Waals surface area (Å²) in [5, 5.41) is 0.723. The number of benzene rings is 1. The molecule has 1 aromatic rings. The molecule has 4 heteroatoms. The van der Waals surface area contributed by atoms with Gasteiger partial charge >= 0.3 is 0 Å². The molecule has 0 aromatic heterocycles. The topological polar surface area (TPSA) is 47.3 Å². The van der Waals surface area contributed by atoms with Crippen molar-refractivity contribution in [3.63, 3.8) is 0 Å². The number of rotatable bonds is 6. The molecule has 0 aliphatic heterocycles. The monoisotopic (exact) mass is 298 g/mol. The molecule has 0 saturated carbocycles. The third-order valence-electron chi connectivity index (χ3n) is 4.06. The summed E-state index contributed by atoms with van der Waals surface area (Å²) in [6.45, 7) is 9.03.